The standard InChI is InChI=1S/C46H87NO8/c1-3-5-7-9-11-13-14-15-16-17-18-19-20-21-22-23-24-25-26-28-30-32-34-36-42(50)47-39(40(49)35-33-31-29-27-12-10-8-6-4-2)38-54-46-45(53)44(52)43(51)41(37-48)55-46/h29,31,33,35,39-41,43-46,48-49,51-53H,3-28,30,32,34,36-38H2,1-2H3,(H,47,50)/b31-29+,35-33+/t39-,40+,41-,43-,44?,45?,46-/m0/s1. The predicted octanol–water partition coefficient (Wildman–Crippen LogP) is 9.50. The van der Waals surface area contributed by atoms with E-state index < -0.39 is 49.5 Å². The summed E-state index contributed by atoms with van der Waals surface area (Å²) in [6.45, 7) is 3.71. The molecule has 1 saturated heterocycles. The van der Waals surface area contributed by atoms with E-state index in [9.17, 15) is 30.3 Å². The molecule has 0 bridgehead atoms. The highest BCUT2D eigenvalue weighted by molar-refractivity contribution is 5.76. The van der Waals surface area contributed by atoms with E-state index in [2.05, 4.69) is 25.2 Å². The molecule has 9 heteroatoms. The van der Waals surface area contributed by atoms with Gasteiger partial charge in [-0.3, -0.25) is 4.79 Å². The molecule has 6 N–H and O–H groups in total. The van der Waals surface area contributed by atoms with Crippen LogP contribution in [0.15, 0.2) is 24.3 Å². The first-order valence-electron chi connectivity index (χ1n) is 23.1. The highest BCUT2D eigenvalue weighted by Gasteiger charge is 2.44. The number of carbonyl (C=O) groups is 1. The highest BCUT2D eigenvalue weighted by atomic mass is 16.7. The van der Waals surface area contributed by atoms with Gasteiger partial charge in [-0.25, -0.2) is 0 Å². The van der Waals surface area contributed by atoms with E-state index in [1.807, 2.05) is 6.08 Å². The fourth-order valence-electron chi connectivity index (χ4n) is 7.33. The smallest absolute Gasteiger partial charge is 0.220 e. The molecule has 1 rings (SSSR count). The molecular weight excluding hydrogens is 695 g/mol. The van der Waals surface area contributed by atoms with Crippen LogP contribution in [-0.4, -0.2) is 87.5 Å². The van der Waals surface area contributed by atoms with Crippen LogP contribution >= 0.6 is 0 Å². The van der Waals surface area contributed by atoms with Crippen molar-refractivity contribution in [3.8, 4) is 0 Å². The van der Waals surface area contributed by atoms with Gasteiger partial charge in [0.05, 0.1) is 25.4 Å². The molecule has 0 aromatic heterocycles. The van der Waals surface area contributed by atoms with Crippen molar-refractivity contribution in [2.45, 2.75) is 249 Å². The lowest BCUT2D eigenvalue weighted by atomic mass is 9.99. The molecule has 9 nitrogen and oxygen atoms in total. The quantitative estimate of drug-likeness (QED) is 0.0268. The first-order valence-corrected chi connectivity index (χ1v) is 23.1. The zero-order valence-corrected chi connectivity index (χ0v) is 35.4. The van der Waals surface area contributed by atoms with Gasteiger partial charge in [-0.15, -0.1) is 0 Å². The molecule has 0 aromatic rings. The second kappa shape index (κ2) is 37.0. The van der Waals surface area contributed by atoms with Gasteiger partial charge in [0.15, 0.2) is 6.29 Å². The summed E-state index contributed by atoms with van der Waals surface area (Å²) in [5.74, 6) is -0.194. The van der Waals surface area contributed by atoms with Crippen molar-refractivity contribution < 1.29 is 39.8 Å². The molecule has 0 radical (unpaired) electrons. The second-order valence-corrected chi connectivity index (χ2v) is 16.2. The maximum atomic E-state index is 12.9. The Bertz CT molecular complexity index is 914. The Labute approximate surface area is 337 Å². The van der Waals surface area contributed by atoms with Crippen molar-refractivity contribution in [2.24, 2.45) is 0 Å². The first-order chi connectivity index (χ1) is 26.8. The van der Waals surface area contributed by atoms with Gasteiger partial charge >= 0.3 is 0 Å². The van der Waals surface area contributed by atoms with Crippen LogP contribution < -0.4 is 5.32 Å². The Hall–Kier alpha value is -1.33. The molecule has 55 heavy (non-hydrogen) atoms. The van der Waals surface area contributed by atoms with E-state index in [-0.39, 0.29) is 12.5 Å². The number of aliphatic hydroxyl groups excluding tert-OH is 5. The third-order valence-corrected chi connectivity index (χ3v) is 11.1. The summed E-state index contributed by atoms with van der Waals surface area (Å²) in [4.78, 5) is 12.9. The molecular formula is C46H87NO8. The minimum atomic E-state index is -1.57. The Morgan fingerprint density at radius 3 is 1.51 bits per heavy atom. The average molecular weight is 782 g/mol. The van der Waals surface area contributed by atoms with E-state index in [0.717, 1.165) is 32.1 Å². The number of unbranched alkanes of at least 4 members (excludes halogenated alkanes) is 27. The molecule has 2 unspecified atom stereocenters. The summed E-state index contributed by atoms with van der Waals surface area (Å²) in [7, 11) is 0. The van der Waals surface area contributed by atoms with Crippen LogP contribution in [-0.2, 0) is 14.3 Å². The first kappa shape index (κ1) is 51.7. The van der Waals surface area contributed by atoms with Crippen molar-refractivity contribution >= 4 is 5.91 Å². The lowest BCUT2D eigenvalue weighted by Gasteiger charge is -2.40. The number of rotatable bonds is 38. The molecule has 324 valence electrons. The zero-order chi connectivity index (χ0) is 40.2. The van der Waals surface area contributed by atoms with E-state index in [4.69, 9.17) is 9.47 Å². The Morgan fingerprint density at radius 1 is 0.618 bits per heavy atom. The average Bonchev–Trinajstić information content (AvgIpc) is 3.18. The Kier molecular flexibility index (Phi) is 34.7. The van der Waals surface area contributed by atoms with Crippen LogP contribution in [0.3, 0.4) is 0 Å². The van der Waals surface area contributed by atoms with Crippen LogP contribution in [0.4, 0.5) is 0 Å². The lowest BCUT2D eigenvalue weighted by Crippen LogP contribution is -2.60. The summed E-state index contributed by atoms with van der Waals surface area (Å²) in [6, 6.07) is -0.830. The van der Waals surface area contributed by atoms with Crippen LogP contribution in [0.1, 0.15) is 206 Å². The molecule has 0 aliphatic carbocycles. The maximum Gasteiger partial charge on any atom is 0.220 e. The van der Waals surface area contributed by atoms with E-state index in [0.29, 0.717) is 6.42 Å². The molecule has 7 atom stereocenters. The predicted molar refractivity (Wildman–Crippen MR) is 226 cm³/mol. The summed E-state index contributed by atoms with van der Waals surface area (Å²) < 4.78 is 11.1. The molecule has 0 spiro atoms. The summed E-state index contributed by atoms with van der Waals surface area (Å²) in [5, 5.41) is 53.9. The van der Waals surface area contributed by atoms with Crippen molar-refractivity contribution in [2.75, 3.05) is 13.2 Å². The number of aliphatic hydroxyl groups is 5. The molecule has 0 aromatic carbocycles. The summed E-state index contributed by atoms with van der Waals surface area (Å²) >= 11 is 0. The van der Waals surface area contributed by atoms with Gasteiger partial charge < -0.3 is 40.3 Å². The highest BCUT2D eigenvalue weighted by Crippen LogP contribution is 2.22. The normalized spacial score (nSPS) is 21.5. The second-order valence-electron chi connectivity index (χ2n) is 16.2. The third kappa shape index (κ3) is 27.9. The van der Waals surface area contributed by atoms with Crippen LogP contribution in [0.2, 0.25) is 0 Å². The van der Waals surface area contributed by atoms with E-state index >= 15 is 0 Å². The van der Waals surface area contributed by atoms with Gasteiger partial charge in [0.25, 0.3) is 0 Å². The van der Waals surface area contributed by atoms with Crippen molar-refractivity contribution in [1.82, 2.24) is 5.32 Å². The molecule has 0 saturated carbocycles. The minimum Gasteiger partial charge on any atom is -0.394 e. The van der Waals surface area contributed by atoms with Crippen molar-refractivity contribution in [3.63, 3.8) is 0 Å². The minimum absolute atomic E-state index is 0.194. The number of ether oxygens (including phenoxy) is 2. The fraction of sp³-hybridized carbons (Fsp3) is 0.891. The SMILES string of the molecule is CCCCCCC/C=C/C=C/[C@@H](O)[C@H](CO[C@H]1O[C@@H](CO)[C@H](O)C(O)C1O)NC(=O)CCCCCCCCCCCCCCCCCCCCCCCCC. The molecule has 1 aliphatic rings. The molecule has 1 heterocycles. The molecule has 1 fully saturated rings. The number of hydrogen-bond donors (Lipinski definition) is 6. The number of nitrogens with one attached hydrogen (secondary N) is 1. The lowest BCUT2D eigenvalue weighted by molar-refractivity contribution is -0.302. The van der Waals surface area contributed by atoms with Gasteiger partial charge in [-0.1, -0.05) is 205 Å². The van der Waals surface area contributed by atoms with Crippen molar-refractivity contribution in [1.29, 1.82) is 0 Å². The Morgan fingerprint density at radius 2 is 1.05 bits per heavy atom. The zero-order valence-electron chi connectivity index (χ0n) is 35.4. The third-order valence-electron chi connectivity index (χ3n) is 11.1. The van der Waals surface area contributed by atoms with E-state index in [1.54, 1.807) is 12.2 Å². The van der Waals surface area contributed by atoms with Crippen molar-refractivity contribution in [3.05, 3.63) is 24.3 Å². The summed E-state index contributed by atoms with van der Waals surface area (Å²) in [5.41, 5.74) is 0. The Balaban J connectivity index is 2.23. The van der Waals surface area contributed by atoms with Crippen LogP contribution in [0.5, 0.6) is 0 Å². The maximum absolute atomic E-state index is 12.9. The van der Waals surface area contributed by atoms with Crippen LogP contribution in [0, 0.1) is 0 Å². The number of amides is 1. The summed E-state index contributed by atoms with van der Waals surface area (Å²) in [6.07, 6.45) is 36.9. The fourth-order valence-corrected chi connectivity index (χ4v) is 7.33. The molecule has 1 amide bonds. The van der Waals surface area contributed by atoms with Crippen LogP contribution in [0.25, 0.3) is 0 Å². The van der Waals surface area contributed by atoms with E-state index in [1.165, 1.54) is 154 Å². The number of carbonyl (C=O) groups excluding carboxylic acids is 1. The number of hydrogen-bond acceptors (Lipinski definition) is 8. The van der Waals surface area contributed by atoms with Gasteiger partial charge in [-0.2, -0.15) is 0 Å². The van der Waals surface area contributed by atoms with Gasteiger partial charge in [0.1, 0.15) is 24.4 Å². The molecule has 1 aliphatic heterocycles. The topological polar surface area (TPSA) is 149 Å². The van der Waals surface area contributed by atoms with Gasteiger partial charge in [0.2, 0.25) is 5.91 Å². The van der Waals surface area contributed by atoms with Gasteiger partial charge in [0, 0.05) is 6.42 Å². The largest absolute Gasteiger partial charge is 0.394 e. The number of allylic oxidation sites excluding steroid dienone is 3. The monoisotopic (exact) mass is 782 g/mol. The van der Waals surface area contributed by atoms with Gasteiger partial charge in [-0.05, 0) is 19.3 Å².